The summed E-state index contributed by atoms with van der Waals surface area (Å²) in [5.74, 6) is 1.14. The third-order valence-corrected chi connectivity index (χ3v) is 8.76. The van der Waals surface area contributed by atoms with Crippen LogP contribution in [0.15, 0.2) is 33.0 Å². The Hall–Kier alpha value is -1.85. The van der Waals surface area contributed by atoms with E-state index >= 15 is 0 Å². The van der Waals surface area contributed by atoms with E-state index in [0.717, 1.165) is 30.4 Å². The quantitative estimate of drug-likeness (QED) is 0.567. The fourth-order valence-electron chi connectivity index (χ4n) is 6.84. The highest BCUT2D eigenvalue weighted by molar-refractivity contribution is 5.33. The molecule has 0 unspecified atom stereocenters. The average Bonchev–Trinajstić information content (AvgIpc) is 2.72. The van der Waals surface area contributed by atoms with Gasteiger partial charge in [0.15, 0.2) is 5.43 Å². The first kappa shape index (κ1) is 25.8. The average molecular weight is 459 g/mol. The maximum absolute atomic E-state index is 13.2. The summed E-state index contributed by atoms with van der Waals surface area (Å²) in [4.78, 5) is 13.2. The summed E-state index contributed by atoms with van der Waals surface area (Å²) in [5, 5.41) is 21.9. The Morgan fingerprint density at radius 2 is 1.97 bits per heavy atom. The second-order valence-electron chi connectivity index (χ2n) is 11.2. The Morgan fingerprint density at radius 3 is 2.58 bits per heavy atom. The summed E-state index contributed by atoms with van der Waals surface area (Å²) in [5.41, 5.74) is 2.82. The number of aryl methyl sites for hydroxylation is 1. The van der Waals surface area contributed by atoms with Crippen molar-refractivity contribution in [3.8, 4) is 5.95 Å². The molecule has 5 nitrogen and oxygen atoms in total. The normalized spacial score (nSPS) is 32.8. The van der Waals surface area contributed by atoms with Crippen molar-refractivity contribution in [2.75, 3.05) is 7.11 Å². The Labute approximate surface area is 198 Å². The predicted octanol–water partition coefficient (Wildman–Crippen LogP) is 5.27. The zero-order chi connectivity index (χ0) is 24.7. The molecule has 2 saturated carbocycles. The SMILES string of the molecule is C=C1CC[C@@H]2[C@](C)(CC[C@H](O)[C@@]2(C)C[C@@H](O)C=C(C)C)[C@@H]1Cc1c(OC)oc(C)c(C)c1=O. The van der Waals surface area contributed by atoms with Crippen molar-refractivity contribution in [1.29, 1.82) is 0 Å². The van der Waals surface area contributed by atoms with E-state index in [1.807, 2.05) is 19.9 Å². The second-order valence-corrected chi connectivity index (χ2v) is 11.2. The Morgan fingerprint density at radius 1 is 1.30 bits per heavy atom. The van der Waals surface area contributed by atoms with Crippen LogP contribution in [0.5, 0.6) is 5.95 Å². The molecule has 2 N–H and O–H groups in total. The minimum Gasteiger partial charge on any atom is -0.468 e. The van der Waals surface area contributed by atoms with E-state index in [0.29, 0.717) is 42.1 Å². The fourth-order valence-corrected chi connectivity index (χ4v) is 6.84. The highest BCUT2D eigenvalue weighted by Crippen LogP contribution is 2.62. The van der Waals surface area contributed by atoms with Crippen LogP contribution in [0.2, 0.25) is 0 Å². The van der Waals surface area contributed by atoms with Crippen LogP contribution in [-0.2, 0) is 6.42 Å². The maximum atomic E-state index is 13.2. The van der Waals surface area contributed by atoms with E-state index in [-0.39, 0.29) is 22.7 Å². The van der Waals surface area contributed by atoms with Gasteiger partial charge >= 0.3 is 0 Å². The molecule has 1 heterocycles. The van der Waals surface area contributed by atoms with Crippen LogP contribution >= 0.6 is 0 Å². The Balaban J connectivity index is 2.03. The minimum atomic E-state index is -0.590. The lowest BCUT2D eigenvalue weighted by Crippen LogP contribution is -2.57. The van der Waals surface area contributed by atoms with Crippen molar-refractivity contribution >= 4 is 0 Å². The number of allylic oxidation sites excluding steroid dienone is 2. The Kier molecular flexibility index (Phi) is 7.36. The fraction of sp³-hybridized carbons (Fsp3) is 0.679. The molecule has 0 spiro atoms. The maximum Gasteiger partial charge on any atom is 0.291 e. The van der Waals surface area contributed by atoms with Crippen LogP contribution in [0, 0.1) is 36.5 Å². The number of aliphatic hydroxyl groups excluding tert-OH is 2. The van der Waals surface area contributed by atoms with Gasteiger partial charge in [-0.05, 0) is 88.9 Å². The third-order valence-electron chi connectivity index (χ3n) is 8.76. The van der Waals surface area contributed by atoms with Crippen LogP contribution < -0.4 is 10.2 Å². The standard InChI is InChI=1S/C28H42O5/c1-16(2)13-20(29)15-28(7)23-10-9-17(3)22(27(23,6)12-11-24(28)30)14-21-25(31)18(4)19(5)33-26(21)32-8/h13,20,22-24,29-30H,3,9-12,14-15H2,1-2,4-8H3/t20-,22+,23+,24-,27+,28-/m0/s1. The van der Waals surface area contributed by atoms with Crippen LogP contribution in [-0.4, -0.2) is 29.5 Å². The topological polar surface area (TPSA) is 79.9 Å². The molecule has 0 bridgehead atoms. The van der Waals surface area contributed by atoms with E-state index < -0.39 is 17.6 Å². The van der Waals surface area contributed by atoms with Gasteiger partial charge in [-0.2, -0.15) is 0 Å². The molecule has 0 aliphatic heterocycles. The highest BCUT2D eigenvalue weighted by atomic mass is 16.6. The second kappa shape index (κ2) is 9.42. The van der Waals surface area contributed by atoms with E-state index in [2.05, 4.69) is 20.4 Å². The molecule has 0 radical (unpaired) electrons. The molecular formula is C28H42O5. The van der Waals surface area contributed by atoms with Crippen LogP contribution in [0.1, 0.15) is 76.7 Å². The van der Waals surface area contributed by atoms with Crippen LogP contribution in [0.4, 0.5) is 0 Å². The number of ether oxygens (including phenoxy) is 1. The lowest BCUT2D eigenvalue weighted by Gasteiger charge is -2.60. The molecule has 0 saturated heterocycles. The van der Waals surface area contributed by atoms with Gasteiger partial charge in [0, 0.05) is 5.56 Å². The van der Waals surface area contributed by atoms with E-state index in [1.54, 1.807) is 13.8 Å². The number of methoxy groups -OCH3 is 1. The summed E-state index contributed by atoms with van der Waals surface area (Å²) in [6.45, 7) is 16.4. The molecule has 2 aliphatic rings. The molecule has 3 rings (SSSR count). The van der Waals surface area contributed by atoms with E-state index in [1.165, 1.54) is 7.11 Å². The number of fused-ring (bicyclic) bond motifs is 1. The molecule has 2 aliphatic carbocycles. The lowest BCUT2D eigenvalue weighted by atomic mass is 9.45. The van der Waals surface area contributed by atoms with Crippen molar-refractivity contribution in [3.05, 3.63) is 50.9 Å². The van der Waals surface area contributed by atoms with Gasteiger partial charge in [0.1, 0.15) is 5.76 Å². The van der Waals surface area contributed by atoms with Gasteiger partial charge in [-0.15, -0.1) is 0 Å². The summed E-state index contributed by atoms with van der Waals surface area (Å²) in [6.07, 6.45) is 5.17. The first-order valence-corrected chi connectivity index (χ1v) is 12.2. The van der Waals surface area contributed by atoms with Crippen LogP contribution in [0.3, 0.4) is 0 Å². The molecule has 33 heavy (non-hydrogen) atoms. The van der Waals surface area contributed by atoms with Gasteiger partial charge in [-0.25, -0.2) is 0 Å². The molecular weight excluding hydrogens is 416 g/mol. The van der Waals surface area contributed by atoms with Crippen molar-refractivity contribution < 1.29 is 19.4 Å². The number of hydrogen-bond donors (Lipinski definition) is 2. The van der Waals surface area contributed by atoms with Gasteiger partial charge in [0.05, 0.1) is 24.9 Å². The van der Waals surface area contributed by atoms with Crippen molar-refractivity contribution in [1.82, 2.24) is 0 Å². The summed E-state index contributed by atoms with van der Waals surface area (Å²) >= 11 is 0. The molecule has 5 heteroatoms. The molecule has 0 aromatic carbocycles. The number of aliphatic hydroxyl groups is 2. The number of hydrogen-bond acceptors (Lipinski definition) is 5. The van der Waals surface area contributed by atoms with Crippen molar-refractivity contribution in [2.24, 2.45) is 22.7 Å². The van der Waals surface area contributed by atoms with E-state index in [4.69, 9.17) is 9.15 Å². The summed E-state index contributed by atoms with van der Waals surface area (Å²) < 4.78 is 11.3. The summed E-state index contributed by atoms with van der Waals surface area (Å²) in [6, 6.07) is 0. The largest absolute Gasteiger partial charge is 0.468 e. The first-order chi connectivity index (χ1) is 15.3. The molecule has 0 amide bonds. The molecule has 184 valence electrons. The molecule has 1 aromatic rings. The first-order valence-electron chi connectivity index (χ1n) is 12.2. The van der Waals surface area contributed by atoms with Crippen molar-refractivity contribution in [3.63, 3.8) is 0 Å². The van der Waals surface area contributed by atoms with Gasteiger partial charge in [-0.1, -0.05) is 37.6 Å². The van der Waals surface area contributed by atoms with E-state index in [9.17, 15) is 15.0 Å². The van der Waals surface area contributed by atoms with Crippen LogP contribution in [0.25, 0.3) is 0 Å². The van der Waals surface area contributed by atoms with Crippen molar-refractivity contribution in [2.45, 2.75) is 92.3 Å². The summed E-state index contributed by atoms with van der Waals surface area (Å²) in [7, 11) is 1.54. The zero-order valence-electron chi connectivity index (χ0n) is 21.5. The third kappa shape index (κ3) is 4.59. The molecule has 6 atom stereocenters. The van der Waals surface area contributed by atoms with Gasteiger partial charge in [-0.3, -0.25) is 4.79 Å². The zero-order valence-corrected chi connectivity index (χ0v) is 21.5. The molecule has 2 fully saturated rings. The smallest absolute Gasteiger partial charge is 0.291 e. The van der Waals surface area contributed by atoms with Gasteiger partial charge < -0.3 is 19.4 Å². The minimum absolute atomic E-state index is 0.0216. The predicted molar refractivity (Wildman–Crippen MR) is 132 cm³/mol. The highest BCUT2D eigenvalue weighted by Gasteiger charge is 2.58. The monoisotopic (exact) mass is 458 g/mol. The lowest BCUT2D eigenvalue weighted by molar-refractivity contribution is -0.144. The number of rotatable bonds is 6. The Bertz CT molecular complexity index is 985. The van der Waals surface area contributed by atoms with Gasteiger partial charge in [0.2, 0.25) is 0 Å². The molecule has 1 aromatic heterocycles. The van der Waals surface area contributed by atoms with Gasteiger partial charge in [0.25, 0.3) is 5.95 Å².